The van der Waals surface area contributed by atoms with E-state index < -0.39 is 0 Å². The van der Waals surface area contributed by atoms with Crippen molar-refractivity contribution in [2.75, 3.05) is 7.11 Å². The van der Waals surface area contributed by atoms with E-state index in [4.69, 9.17) is 4.74 Å². The molecule has 1 aromatic carbocycles. The largest absolute Gasteiger partial charge is 0.504 e. The lowest BCUT2D eigenvalue weighted by Gasteiger charge is -2.52. The SMILES string of the molecule is COc1cc2c(cc1O)CC(C)[C@@H]1[C@@H]2CC[C@]2(C)[C@H](O)CC[C@@H]12. The molecular weight excluding hydrogens is 288 g/mol. The third kappa shape index (κ3) is 2.05. The maximum absolute atomic E-state index is 10.5. The van der Waals surface area contributed by atoms with E-state index in [-0.39, 0.29) is 17.3 Å². The molecule has 0 bridgehead atoms. The average molecular weight is 316 g/mol. The average Bonchev–Trinajstić information content (AvgIpc) is 2.82. The number of phenolic OH excluding ortho intramolecular Hbond substituents is 1. The normalized spacial score (nSPS) is 41.8. The molecule has 126 valence electrons. The van der Waals surface area contributed by atoms with Crippen LogP contribution in [0.5, 0.6) is 11.5 Å². The Hall–Kier alpha value is -1.22. The molecule has 0 aromatic heterocycles. The molecule has 0 heterocycles. The summed E-state index contributed by atoms with van der Waals surface area (Å²) in [4.78, 5) is 0. The lowest BCUT2D eigenvalue weighted by molar-refractivity contribution is -0.0356. The topological polar surface area (TPSA) is 49.7 Å². The summed E-state index contributed by atoms with van der Waals surface area (Å²) in [7, 11) is 1.62. The number of aromatic hydroxyl groups is 1. The highest BCUT2D eigenvalue weighted by Crippen LogP contribution is 2.62. The van der Waals surface area contributed by atoms with Gasteiger partial charge in [-0.15, -0.1) is 0 Å². The van der Waals surface area contributed by atoms with Crippen LogP contribution in [-0.2, 0) is 6.42 Å². The van der Waals surface area contributed by atoms with Gasteiger partial charge in [0.2, 0.25) is 0 Å². The molecule has 3 aliphatic carbocycles. The maximum Gasteiger partial charge on any atom is 0.160 e. The number of fused-ring (bicyclic) bond motifs is 5. The summed E-state index contributed by atoms with van der Waals surface area (Å²) in [6.07, 6.45) is 5.26. The summed E-state index contributed by atoms with van der Waals surface area (Å²) in [6, 6.07) is 3.99. The van der Waals surface area contributed by atoms with Crippen molar-refractivity contribution in [3.8, 4) is 11.5 Å². The summed E-state index contributed by atoms with van der Waals surface area (Å²) in [5.41, 5.74) is 2.78. The van der Waals surface area contributed by atoms with Crippen molar-refractivity contribution in [2.45, 2.75) is 58.0 Å². The molecule has 2 saturated carbocycles. The van der Waals surface area contributed by atoms with Crippen molar-refractivity contribution in [3.63, 3.8) is 0 Å². The molecule has 3 nitrogen and oxygen atoms in total. The molecule has 3 heteroatoms. The molecule has 0 amide bonds. The number of hydrogen-bond acceptors (Lipinski definition) is 3. The van der Waals surface area contributed by atoms with Crippen LogP contribution >= 0.6 is 0 Å². The predicted molar refractivity (Wildman–Crippen MR) is 89.8 cm³/mol. The van der Waals surface area contributed by atoms with Crippen molar-refractivity contribution in [3.05, 3.63) is 23.3 Å². The first-order valence-corrected chi connectivity index (χ1v) is 9.03. The molecule has 4 rings (SSSR count). The van der Waals surface area contributed by atoms with Crippen LogP contribution < -0.4 is 4.74 Å². The second kappa shape index (κ2) is 5.14. The van der Waals surface area contributed by atoms with Crippen molar-refractivity contribution in [1.82, 2.24) is 0 Å². The number of ether oxygens (including phenoxy) is 1. The van der Waals surface area contributed by atoms with Gasteiger partial charge >= 0.3 is 0 Å². The molecule has 1 unspecified atom stereocenters. The first-order chi connectivity index (χ1) is 11.0. The highest BCUT2D eigenvalue weighted by molar-refractivity contribution is 5.49. The highest BCUT2D eigenvalue weighted by Gasteiger charge is 2.56. The van der Waals surface area contributed by atoms with E-state index in [0.29, 0.717) is 29.4 Å². The Morgan fingerprint density at radius 1 is 1.22 bits per heavy atom. The second-order valence-corrected chi connectivity index (χ2v) is 8.33. The Balaban J connectivity index is 1.77. The fourth-order valence-electron chi connectivity index (χ4n) is 6.12. The smallest absolute Gasteiger partial charge is 0.160 e. The van der Waals surface area contributed by atoms with Crippen molar-refractivity contribution in [2.24, 2.45) is 23.2 Å². The monoisotopic (exact) mass is 316 g/mol. The molecule has 1 aromatic rings. The number of benzene rings is 1. The van der Waals surface area contributed by atoms with Gasteiger partial charge in [-0.05, 0) is 84.5 Å². The standard InChI is InChI=1S/C20H28O3/c1-11-8-12-9-16(21)17(23-3)10-14(12)13-6-7-20(2)15(19(11)13)4-5-18(20)22/h9-11,13,15,18-19,21-22H,4-8H2,1-3H3/t11?,13-,15+,18-,19-,20+/m1/s1. The number of hydrogen-bond donors (Lipinski definition) is 2. The Morgan fingerprint density at radius 2 is 2.00 bits per heavy atom. The van der Waals surface area contributed by atoms with Gasteiger partial charge in [0, 0.05) is 0 Å². The van der Waals surface area contributed by atoms with Gasteiger partial charge in [-0.25, -0.2) is 0 Å². The summed E-state index contributed by atoms with van der Waals surface area (Å²) in [6.45, 7) is 4.67. The van der Waals surface area contributed by atoms with Gasteiger partial charge in [-0.2, -0.15) is 0 Å². The zero-order valence-electron chi connectivity index (χ0n) is 14.4. The van der Waals surface area contributed by atoms with Crippen molar-refractivity contribution in [1.29, 1.82) is 0 Å². The van der Waals surface area contributed by atoms with Gasteiger partial charge in [-0.1, -0.05) is 13.8 Å². The lowest BCUT2D eigenvalue weighted by atomic mass is 9.53. The molecule has 0 radical (unpaired) electrons. The number of phenols is 1. The number of methoxy groups -OCH3 is 1. The van der Waals surface area contributed by atoms with E-state index in [9.17, 15) is 10.2 Å². The molecule has 23 heavy (non-hydrogen) atoms. The van der Waals surface area contributed by atoms with Crippen LogP contribution in [0, 0.1) is 23.2 Å². The first kappa shape index (κ1) is 15.3. The van der Waals surface area contributed by atoms with E-state index in [1.165, 1.54) is 11.1 Å². The third-order valence-corrected chi connectivity index (χ3v) is 7.32. The van der Waals surface area contributed by atoms with Crippen LogP contribution in [0.4, 0.5) is 0 Å². The van der Waals surface area contributed by atoms with Crippen LogP contribution in [0.3, 0.4) is 0 Å². The number of rotatable bonds is 1. The van der Waals surface area contributed by atoms with E-state index in [0.717, 1.165) is 32.1 Å². The molecule has 2 N–H and O–H groups in total. The van der Waals surface area contributed by atoms with Crippen molar-refractivity contribution < 1.29 is 14.9 Å². The molecule has 2 fully saturated rings. The predicted octanol–water partition coefficient (Wildman–Crippen LogP) is 3.86. The lowest BCUT2D eigenvalue weighted by Crippen LogP contribution is -2.46. The summed E-state index contributed by atoms with van der Waals surface area (Å²) < 4.78 is 5.35. The van der Waals surface area contributed by atoms with Crippen LogP contribution in [-0.4, -0.2) is 23.4 Å². The van der Waals surface area contributed by atoms with Gasteiger partial charge in [0.05, 0.1) is 13.2 Å². The van der Waals surface area contributed by atoms with E-state index >= 15 is 0 Å². The molecule has 3 aliphatic rings. The Labute approximate surface area is 138 Å². The third-order valence-electron chi connectivity index (χ3n) is 7.32. The van der Waals surface area contributed by atoms with Gasteiger partial charge in [0.25, 0.3) is 0 Å². The molecule has 0 saturated heterocycles. The number of aliphatic hydroxyl groups is 1. The Bertz CT molecular complexity index is 626. The highest BCUT2D eigenvalue weighted by atomic mass is 16.5. The first-order valence-electron chi connectivity index (χ1n) is 9.03. The van der Waals surface area contributed by atoms with Gasteiger partial charge in [0.1, 0.15) is 0 Å². The van der Waals surface area contributed by atoms with Crippen LogP contribution in [0.25, 0.3) is 0 Å². The van der Waals surface area contributed by atoms with Gasteiger partial charge in [0.15, 0.2) is 11.5 Å². The minimum atomic E-state index is -0.128. The zero-order chi connectivity index (χ0) is 16.4. The fraction of sp³-hybridized carbons (Fsp3) is 0.700. The molecular formula is C20H28O3. The Morgan fingerprint density at radius 3 is 2.74 bits per heavy atom. The number of aliphatic hydroxyl groups excluding tert-OH is 1. The molecule has 6 atom stereocenters. The van der Waals surface area contributed by atoms with Crippen LogP contribution in [0.15, 0.2) is 12.1 Å². The van der Waals surface area contributed by atoms with Gasteiger partial charge < -0.3 is 14.9 Å². The molecule has 0 aliphatic heterocycles. The minimum absolute atomic E-state index is 0.105. The Kier molecular flexibility index (Phi) is 3.42. The molecule has 0 spiro atoms. The fourth-order valence-corrected chi connectivity index (χ4v) is 6.12. The second-order valence-electron chi connectivity index (χ2n) is 8.33. The summed E-state index contributed by atoms with van der Waals surface area (Å²) in [5.74, 6) is 3.28. The van der Waals surface area contributed by atoms with Crippen LogP contribution in [0.2, 0.25) is 0 Å². The zero-order valence-corrected chi connectivity index (χ0v) is 14.4. The van der Waals surface area contributed by atoms with E-state index in [1.54, 1.807) is 7.11 Å². The summed E-state index contributed by atoms with van der Waals surface area (Å²) >= 11 is 0. The van der Waals surface area contributed by atoms with Crippen LogP contribution in [0.1, 0.15) is 56.6 Å². The van der Waals surface area contributed by atoms with E-state index in [2.05, 4.69) is 19.9 Å². The minimum Gasteiger partial charge on any atom is -0.504 e. The van der Waals surface area contributed by atoms with Crippen molar-refractivity contribution >= 4 is 0 Å². The van der Waals surface area contributed by atoms with E-state index in [1.807, 2.05) is 6.07 Å². The summed E-state index contributed by atoms with van der Waals surface area (Å²) in [5, 5.41) is 20.6. The quantitative estimate of drug-likeness (QED) is 0.827. The van der Waals surface area contributed by atoms with Gasteiger partial charge in [-0.3, -0.25) is 0 Å². The maximum atomic E-state index is 10.5.